The predicted molar refractivity (Wildman–Crippen MR) is 94.1 cm³/mol. The number of nitriles is 1. The molecule has 2 aromatic heterocycles. The number of hydrogen-bond acceptors (Lipinski definition) is 6. The number of aromatic amines is 1. The van der Waals surface area contributed by atoms with Crippen LogP contribution < -0.4 is 15.2 Å². The van der Waals surface area contributed by atoms with Crippen molar-refractivity contribution >= 4 is 0 Å². The summed E-state index contributed by atoms with van der Waals surface area (Å²) in [5.41, 5.74) is 9.28. The molecule has 0 saturated heterocycles. The van der Waals surface area contributed by atoms with Gasteiger partial charge in [0.05, 0.1) is 30.0 Å². The third-order valence-corrected chi connectivity index (χ3v) is 4.29. The van der Waals surface area contributed by atoms with Gasteiger partial charge in [0, 0.05) is 6.20 Å². The second-order valence-corrected chi connectivity index (χ2v) is 5.73. The van der Waals surface area contributed by atoms with Gasteiger partial charge in [-0.3, -0.25) is 10.1 Å². The van der Waals surface area contributed by atoms with Gasteiger partial charge in [-0.15, -0.1) is 5.10 Å². The molecule has 26 heavy (non-hydrogen) atoms. The average molecular weight is 345 g/mol. The first-order chi connectivity index (χ1) is 12.7. The molecule has 0 bridgehead atoms. The van der Waals surface area contributed by atoms with Gasteiger partial charge in [0.15, 0.2) is 0 Å². The number of aromatic nitrogens is 3. The Hall–Kier alpha value is -3.79. The molecule has 3 heterocycles. The summed E-state index contributed by atoms with van der Waals surface area (Å²) in [6, 6.07) is 15.3. The summed E-state index contributed by atoms with van der Waals surface area (Å²) in [6.45, 7) is 0. The molecule has 0 unspecified atom stereocenters. The number of fused-ring (bicyclic) bond motifs is 1. The van der Waals surface area contributed by atoms with Crippen molar-refractivity contribution in [2.75, 3.05) is 7.11 Å². The summed E-state index contributed by atoms with van der Waals surface area (Å²) < 4.78 is 10.9. The van der Waals surface area contributed by atoms with Gasteiger partial charge in [-0.1, -0.05) is 18.2 Å². The normalized spacial score (nSPS) is 15.8. The number of hydrogen-bond donors (Lipinski definition) is 2. The molecule has 1 aliphatic heterocycles. The van der Waals surface area contributed by atoms with Crippen molar-refractivity contribution in [1.82, 2.24) is 15.2 Å². The van der Waals surface area contributed by atoms with Crippen LogP contribution in [0.5, 0.6) is 11.6 Å². The van der Waals surface area contributed by atoms with Crippen molar-refractivity contribution < 1.29 is 9.47 Å². The van der Waals surface area contributed by atoms with Crippen molar-refractivity contribution in [2.24, 2.45) is 5.73 Å². The Balaban J connectivity index is 1.95. The van der Waals surface area contributed by atoms with Crippen LogP contribution >= 0.6 is 0 Å². The Morgan fingerprint density at radius 2 is 2.15 bits per heavy atom. The van der Waals surface area contributed by atoms with Crippen molar-refractivity contribution in [2.45, 2.75) is 5.92 Å². The standard InChI is InChI=1S/C19H15N5O2/c1-25-12-6-4-5-11(9-12)15-13(10-20)18(21)26-19-16(15)17(23-24-19)14-7-2-3-8-22-14/h2-9,15H,21H2,1H3,(H,23,24)/t15-/m1/s1. The Bertz CT molecular complexity index is 1030. The number of nitrogens with zero attached hydrogens (tertiary/aromatic N) is 3. The SMILES string of the molecule is COc1cccc([C@@H]2C(C#N)=C(N)Oc3n[nH]c(-c4ccccn4)c32)c1. The molecule has 4 rings (SSSR count). The van der Waals surface area contributed by atoms with Gasteiger partial charge in [0.2, 0.25) is 11.8 Å². The third kappa shape index (κ3) is 2.45. The van der Waals surface area contributed by atoms with Crippen LogP contribution in [0.1, 0.15) is 17.0 Å². The molecule has 0 spiro atoms. The first-order valence-corrected chi connectivity index (χ1v) is 7.94. The fourth-order valence-electron chi connectivity index (χ4n) is 3.11. The van der Waals surface area contributed by atoms with Crippen LogP contribution in [0.15, 0.2) is 60.1 Å². The quantitative estimate of drug-likeness (QED) is 0.755. The van der Waals surface area contributed by atoms with E-state index < -0.39 is 5.92 Å². The minimum atomic E-state index is -0.436. The van der Waals surface area contributed by atoms with Gasteiger partial charge in [0.1, 0.15) is 17.4 Å². The lowest BCUT2D eigenvalue weighted by Crippen LogP contribution is -2.21. The summed E-state index contributed by atoms with van der Waals surface area (Å²) in [5, 5.41) is 16.9. The highest BCUT2D eigenvalue weighted by Gasteiger charge is 2.36. The fourth-order valence-corrected chi connectivity index (χ4v) is 3.11. The number of pyridine rings is 1. The van der Waals surface area contributed by atoms with E-state index in [1.165, 1.54) is 0 Å². The molecule has 0 fully saturated rings. The predicted octanol–water partition coefficient (Wildman–Crippen LogP) is 2.70. The van der Waals surface area contributed by atoms with E-state index in [4.69, 9.17) is 15.2 Å². The second kappa shape index (κ2) is 6.26. The number of H-pyrrole nitrogens is 1. The fraction of sp³-hybridized carbons (Fsp3) is 0.105. The Morgan fingerprint density at radius 1 is 1.27 bits per heavy atom. The average Bonchev–Trinajstić information content (AvgIpc) is 3.10. The van der Waals surface area contributed by atoms with E-state index in [0.717, 1.165) is 11.1 Å². The lowest BCUT2D eigenvalue weighted by atomic mass is 9.83. The van der Waals surface area contributed by atoms with Gasteiger partial charge < -0.3 is 15.2 Å². The monoisotopic (exact) mass is 345 g/mol. The highest BCUT2D eigenvalue weighted by molar-refractivity contribution is 5.68. The van der Waals surface area contributed by atoms with E-state index in [1.807, 2.05) is 42.5 Å². The Kier molecular flexibility index (Phi) is 3.78. The van der Waals surface area contributed by atoms with Crippen LogP contribution in [0.25, 0.3) is 11.4 Å². The first kappa shape index (κ1) is 15.7. The molecule has 3 N–H and O–H groups in total. The molecular formula is C19H15N5O2. The molecule has 0 saturated carbocycles. The minimum Gasteiger partial charge on any atom is -0.497 e. The number of allylic oxidation sites excluding steroid dienone is 1. The smallest absolute Gasteiger partial charge is 0.244 e. The van der Waals surface area contributed by atoms with E-state index >= 15 is 0 Å². The van der Waals surface area contributed by atoms with Crippen LogP contribution in [-0.4, -0.2) is 22.3 Å². The van der Waals surface area contributed by atoms with Crippen LogP contribution in [0.3, 0.4) is 0 Å². The number of methoxy groups -OCH3 is 1. The van der Waals surface area contributed by atoms with Crippen LogP contribution in [0.4, 0.5) is 0 Å². The summed E-state index contributed by atoms with van der Waals surface area (Å²) in [6.07, 6.45) is 1.70. The second-order valence-electron chi connectivity index (χ2n) is 5.73. The molecule has 3 aromatic rings. The molecule has 0 amide bonds. The van der Waals surface area contributed by atoms with Crippen molar-refractivity contribution in [3.63, 3.8) is 0 Å². The molecule has 7 heteroatoms. The van der Waals surface area contributed by atoms with E-state index in [1.54, 1.807) is 13.3 Å². The summed E-state index contributed by atoms with van der Waals surface area (Å²) in [4.78, 5) is 4.38. The maximum Gasteiger partial charge on any atom is 0.244 e. The van der Waals surface area contributed by atoms with Crippen LogP contribution in [0.2, 0.25) is 0 Å². The van der Waals surface area contributed by atoms with Gasteiger partial charge in [-0.2, -0.15) is 5.26 Å². The maximum absolute atomic E-state index is 9.70. The number of benzene rings is 1. The zero-order valence-corrected chi connectivity index (χ0v) is 13.9. The molecule has 0 radical (unpaired) electrons. The molecule has 0 aliphatic carbocycles. The molecule has 1 aromatic carbocycles. The third-order valence-electron chi connectivity index (χ3n) is 4.29. The van der Waals surface area contributed by atoms with Crippen LogP contribution in [0, 0.1) is 11.3 Å². The van der Waals surface area contributed by atoms with Crippen molar-refractivity contribution in [1.29, 1.82) is 5.26 Å². The van der Waals surface area contributed by atoms with E-state index in [-0.39, 0.29) is 5.88 Å². The van der Waals surface area contributed by atoms with Crippen LogP contribution in [-0.2, 0) is 0 Å². The maximum atomic E-state index is 9.70. The molecule has 128 valence electrons. The minimum absolute atomic E-state index is 0.0480. The molecule has 7 nitrogen and oxygen atoms in total. The van der Waals surface area contributed by atoms with Gasteiger partial charge in [-0.25, -0.2) is 0 Å². The lowest BCUT2D eigenvalue weighted by Gasteiger charge is -2.24. The van der Waals surface area contributed by atoms with Gasteiger partial charge in [-0.05, 0) is 29.8 Å². The Morgan fingerprint density at radius 3 is 2.88 bits per heavy atom. The first-order valence-electron chi connectivity index (χ1n) is 7.94. The van der Waals surface area contributed by atoms with Crippen molar-refractivity contribution in [3.8, 4) is 29.1 Å². The summed E-state index contributed by atoms with van der Waals surface area (Å²) in [7, 11) is 1.60. The van der Waals surface area contributed by atoms with E-state index in [2.05, 4.69) is 21.3 Å². The number of nitrogens with two attached hydrogens (primary N) is 1. The lowest BCUT2D eigenvalue weighted by molar-refractivity contribution is 0.378. The number of rotatable bonds is 3. The van der Waals surface area contributed by atoms with E-state index in [9.17, 15) is 5.26 Å². The number of ether oxygens (including phenoxy) is 2. The van der Waals surface area contributed by atoms with Crippen molar-refractivity contribution in [3.05, 3.63) is 71.2 Å². The summed E-state index contributed by atoms with van der Waals surface area (Å²) in [5.74, 6) is 0.644. The molecule has 1 atom stereocenters. The summed E-state index contributed by atoms with van der Waals surface area (Å²) >= 11 is 0. The molecule has 1 aliphatic rings. The van der Waals surface area contributed by atoms with Gasteiger partial charge >= 0.3 is 0 Å². The Labute approximate surface area is 149 Å². The van der Waals surface area contributed by atoms with E-state index in [0.29, 0.717) is 28.6 Å². The van der Waals surface area contributed by atoms with Gasteiger partial charge in [0.25, 0.3) is 0 Å². The number of nitrogens with one attached hydrogen (secondary N) is 1. The highest BCUT2D eigenvalue weighted by atomic mass is 16.5. The zero-order chi connectivity index (χ0) is 18.1. The molecular weight excluding hydrogens is 330 g/mol. The largest absolute Gasteiger partial charge is 0.497 e. The highest BCUT2D eigenvalue weighted by Crippen LogP contribution is 2.45. The topological polar surface area (TPSA) is 110 Å². The zero-order valence-electron chi connectivity index (χ0n) is 13.9.